The first-order valence-corrected chi connectivity index (χ1v) is 20.7. The number of nitrogens with two attached hydrogens (primary N) is 1. The van der Waals surface area contributed by atoms with Gasteiger partial charge in [-0.1, -0.05) is 116 Å². The van der Waals surface area contributed by atoms with Crippen molar-refractivity contribution in [3.05, 3.63) is 71.8 Å². The largest absolute Gasteiger partial charge is 0.379 e. The third-order valence-electron chi connectivity index (χ3n) is 11.9. The topological polar surface area (TPSA) is 147 Å². The number of likely N-dealkylation sites (N-methyl/N-ethyl adjacent to an activating group) is 2. The van der Waals surface area contributed by atoms with Crippen molar-refractivity contribution in [1.82, 2.24) is 25.3 Å². The van der Waals surface area contributed by atoms with E-state index < -0.39 is 48.3 Å². The summed E-state index contributed by atoms with van der Waals surface area (Å²) >= 11 is 0. The summed E-state index contributed by atoms with van der Waals surface area (Å²) in [5.74, 6) is -1.51. The molecule has 0 aliphatic carbocycles. The molecule has 0 radical (unpaired) electrons. The summed E-state index contributed by atoms with van der Waals surface area (Å²) in [5.41, 5.74) is 8.59. The van der Waals surface area contributed by atoms with Crippen molar-refractivity contribution in [3.63, 3.8) is 0 Å². The van der Waals surface area contributed by atoms with E-state index >= 15 is 0 Å². The second kappa shape index (κ2) is 22.3. The van der Waals surface area contributed by atoms with Crippen LogP contribution in [0.4, 0.5) is 0 Å². The number of rotatable bonds is 21. The summed E-state index contributed by atoms with van der Waals surface area (Å²) in [7, 11) is 8.63. The molecule has 1 saturated heterocycles. The monoisotopic (exact) mass is 793 g/mol. The minimum atomic E-state index is -0.759. The average Bonchev–Trinajstić information content (AvgIpc) is 3.68. The molecule has 57 heavy (non-hydrogen) atoms. The molecule has 2 aromatic carbocycles. The Morgan fingerprint density at radius 1 is 0.825 bits per heavy atom. The van der Waals surface area contributed by atoms with Crippen LogP contribution in [0.1, 0.15) is 97.4 Å². The Bertz CT molecular complexity index is 1550. The first kappa shape index (κ1) is 47.5. The van der Waals surface area contributed by atoms with E-state index in [9.17, 15) is 19.2 Å². The minimum absolute atomic E-state index is 0.0185. The molecule has 2 aromatic rings. The summed E-state index contributed by atoms with van der Waals surface area (Å²) in [5, 5.41) is 6.28. The Kier molecular flexibility index (Phi) is 18.6. The van der Waals surface area contributed by atoms with Gasteiger partial charge in [0, 0.05) is 27.8 Å². The summed E-state index contributed by atoms with van der Waals surface area (Å²) in [6, 6.07) is 16.5. The molecule has 0 saturated carbocycles. The number of likely N-dealkylation sites (tertiary alicyclic amines) is 1. The van der Waals surface area contributed by atoms with Crippen LogP contribution < -0.4 is 16.4 Å². The van der Waals surface area contributed by atoms with E-state index in [1.807, 2.05) is 119 Å². The van der Waals surface area contributed by atoms with Gasteiger partial charge in [0.25, 0.3) is 0 Å². The number of benzene rings is 2. The molecule has 10 atom stereocenters. The second-order valence-electron chi connectivity index (χ2n) is 16.8. The number of hydrogen-bond acceptors (Lipinski definition) is 8. The van der Waals surface area contributed by atoms with Crippen LogP contribution in [-0.2, 0) is 28.7 Å². The van der Waals surface area contributed by atoms with Crippen LogP contribution in [0.5, 0.6) is 0 Å². The summed E-state index contributed by atoms with van der Waals surface area (Å²) in [6.07, 6.45) is 1.02. The lowest BCUT2D eigenvalue weighted by Gasteiger charge is -2.41. The zero-order valence-electron chi connectivity index (χ0n) is 36.6. The SMILES string of the molecule is CC[C@H](C)[C@@H]([C@@H](CC(=O)N1CCC[C@H]1[C@H](OC)[C@@H](C)C(=O)N[C@@H](c1ccccc1)C(N)c1ccccc1)OC)N(C)C(=O)[C@@H](NC(=O)[C@H](C(C)C)N(C)C)C(C)C. The summed E-state index contributed by atoms with van der Waals surface area (Å²) < 4.78 is 12.1. The molecule has 1 unspecified atom stereocenters. The first-order chi connectivity index (χ1) is 27.0. The zero-order valence-corrected chi connectivity index (χ0v) is 36.6. The van der Waals surface area contributed by atoms with Crippen LogP contribution in [0.25, 0.3) is 0 Å². The fraction of sp³-hybridized carbons (Fsp3) is 0.644. The van der Waals surface area contributed by atoms with Gasteiger partial charge < -0.3 is 35.6 Å². The molecule has 12 heteroatoms. The highest BCUT2D eigenvalue weighted by molar-refractivity contribution is 5.90. The maximum atomic E-state index is 14.4. The van der Waals surface area contributed by atoms with Crippen LogP contribution in [0.15, 0.2) is 60.7 Å². The fourth-order valence-electron chi connectivity index (χ4n) is 8.60. The van der Waals surface area contributed by atoms with Crippen molar-refractivity contribution in [2.24, 2.45) is 29.4 Å². The third kappa shape index (κ3) is 12.1. The van der Waals surface area contributed by atoms with Crippen molar-refractivity contribution in [3.8, 4) is 0 Å². The number of methoxy groups -OCH3 is 2. The highest BCUT2D eigenvalue weighted by Crippen LogP contribution is 2.32. The van der Waals surface area contributed by atoms with Gasteiger partial charge in [0.1, 0.15) is 6.04 Å². The van der Waals surface area contributed by atoms with Crippen molar-refractivity contribution >= 4 is 23.6 Å². The Labute approximate surface area is 342 Å². The van der Waals surface area contributed by atoms with Gasteiger partial charge in [-0.05, 0) is 55.8 Å². The van der Waals surface area contributed by atoms with Crippen molar-refractivity contribution < 1.29 is 28.7 Å². The molecule has 1 fully saturated rings. The van der Waals surface area contributed by atoms with E-state index in [0.717, 1.165) is 24.0 Å². The smallest absolute Gasteiger partial charge is 0.245 e. The van der Waals surface area contributed by atoms with Gasteiger partial charge in [-0.25, -0.2) is 0 Å². The van der Waals surface area contributed by atoms with Crippen molar-refractivity contribution in [1.29, 1.82) is 0 Å². The molecule has 4 N–H and O–H groups in total. The number of nitrogens with zero attached hydrogens (tertiary/aromatic N) is 3. The predicted octanol–water partition coefficient (Wildman–Crippen LogP) is 5.19. The minimum Gasteiger partial charge on any atom is -0.379 e. The lowest BCUT2D eigenvalue weighted by molar-refractivity contribution is -0.148. The number of carbonyl (C=O) groups excluding carboxylic acids is 4. The highest BCUT2D eigenvalue weighted by atomic mass is 16.5. The van der Waals surface area contributed by atoms with E-state index in [0.29, 0.717) is 13.0 Å². The summed E-state index contributed by atoms with van der Waals surface area (Å²) in [4.78, 5) is 61.6. The maximum absolute atomic E-state index is 14.4. The molecule has 1 aliphatic rings. The summed E-state index contributed by atoms with van der Waals surface area (Å²) in [6.45, 7) is 14.3. The molecule has 1 heterocycles. The van der Waals surface area contributed by atoms with E-state index in [1.165, 1.54) is 0 Å². The zero-order chi connectivity index (χ0) is 42.6. The normalized spacial score (nSPS) is 19.3. The number of nitrogens with one attached hydrogen (secondary N) is 2. The number of hydrogen-bond donors (Lipinski definition) is 3. The average molecular weight is 793 g/mol. The quantitative estimate of drug-likeness (QED) is 0.157. The second-order valence-corrected chi connectivity index (χ2v) is 16.8. The molecule has 1 aliphatic heterocycles. The molecular weight excluding hydrogens is 721 g/mol. The number of carbonyl (C=O) groups is 4. The van der Waals surface area contributed by atoms with Gasteiger partial charge in [-0.2, -0.15) is 0 Å². The van der Waals surface area contributed by atoms with E-state index in [2.05, 4.69) is 24.5 Å². The Morgan fingerprint density at radius 2 is 1.40 bits per heavy atom. The molecule has 4 amide bonds. The van der Waals surface area contributed by atoms with Crippen LogP contribution in [-0.4, -0.2) is 117 Å². The van der Waals surface area contributed by atoms with Crippen molar-refractivity contribution in [2.45, 2.75) is 123 Å². The lowest BCUT2D eigenvalue weighted by atomic mass is 9.89. The molecule has 3 rings (SSSR count). The Balaban J connectivity index is 1.82. The third-order valence-corrected chi connectivity index (χ3v) is 11.9. The van der Waals surface area contributed by atoms with Crippen molar-refractivity contribution in [2.75, 3.05) is 41.9 Å². The standard InChI is InChI=1S/C45H72N6O6/c1-13-30(6)41(50(10)45(55)38(28(2)3)47-44(54)40(29(4)5)49(8)9)35(56-11)27-36(52)51-26-20-25-34(51)42(57-12)31(7)43(53)48-39(33-23-18-15-19-24-33)37(46)32-21-16-14-17-22-32/h14-19,21-24,28-31,34-35,37-42H,13,20,25-27,46H2,1-12H3,(H,47,54)(H,48,53)/t30-,31+,34-,35+,37?,38-,39-,40-,41-,42+/m0/s1. The maximum Gasteiger partial charge on any atom is 0.245 e. The van der Waals surface area contributed by atoms with Gasteiger partial charge in [-0.15, -0.1) is 0 Å². The van der Waals surface area contributed by atoms with Gasteiger partial charge in [0.05, 0.1) is 54.8 Å². The highest BCUT2D eigenvalue weighted by Gasteiger charge is 2.43. The number of amides is 4. The van der Waals surface area contributed by atoms with Gasteiger partial charge >= 0.3 is 0 Å². The molecule has 12 nitrogen and oxygen atoms in total. The lowest BCUT2D eigenvalue weighted by Crippen LogP contribution is -2.59. The van der Waals surface area contributed by atoms with Crippen LogP contribution in [0.2, 0.25) is 0 Å². The van der Waals surface area contributed by atoms with Gasteiger partial charge in [-0.3, -0.25) is 24.1 Å². The van der Waals surface area contributed by atoms with Gasteiger partial charge in [0.15, 0.2) is 0 Å². The van der Waals surface area contributed by atoms with E-state index in [1.54, 1.807) is 26.2 Å². The van der Waals surface area contributed by atoms with Crippen LogP contribution in [0, 0.1) is 23.7 Å². The van der Waals surface area contributed by atoms with Gasteiger partial charge in [0.2, 0.25) is 23.6 Å². The molecule has 0 spiro atoms. The number of ether oxygens (including phenoxy) is 2. The predicted molar refractivity (Wildman–Crippen MR) is 226 cm³/mol. The Morgan fingerprint density at radius 3 is 1.89 bits per heavy atom. The van der Waals surface area contributed by atoms with E-state index in [4.69, 9.17) is 15.2 Å². The van der Waals surface area contributed by atoms with Crippen LogP contribution >= 0.6 is 0 Å². The first-order valence-electron chi connectivity index (χ1n) is 20.7. The molecule has 0 aromatic heterocycles. The fourth-order valence-corrected chi connectivity index (χ4v) is 8.60. The van der Waals surface area contributed by atoms with E-state index in [-0.39, 0.29) is 53.8 Å². The molecule has 0 bridgehead atoms. The Hall–Kier alpha value is -3.84. The molecular formula is C45H72N6O6. The molecule has 318 valence electrons. The van der Waals surface area contributed by atoms with Crippen LogP contribution in [0.3, 0.4) is 0 Å².